The number of hydrogen-bond donors (Lipinski definition) is 1. The van der Waals surface area contributed by atoms with Gasteiger partial charge in [0.1, 0.15) is 5.03 Å². The molecule has 1 amide bonds. The highest BCUT2D eigenvalue weighted by atomic mass is 32.2. The lowest BCUT2D eigenvalue weighted by Crippen LogP contribution is -2.28. The highest BCUT2D eigenvalue weighted by Gasteiger charge is 2.12. The van der Waals surface area contributed by atoms with Crippen molar-refractivity contribution in [2.75, 3.05) is 12.8 Å². The molecule has 7 nitrogen and oxygen atoms in total. The molecule has 3 heterocycles. The van der Waals surface area contributed by atoms with E-state index in [-0.39, 0.29) is 5.91 Å². The molecule has 8 heteroatoms. The van der Waals surface area contributed by atoms with Crippen molar-refractivity contribution in [3.8, 4) is 11.6 Å². The Morgan fingerprint density at radius 2 is 1.92 bits per heavy atom. The lowest BCUT2D eigenvalue weighted by Gasteiger charge is -2.09. The molecule has 0 aromatic carbocycles. The number of nitrogens with zero attached hydrogens (tertiary/aromatic N) is 5. The second kappa shape index (κ2) is 7.69. The minimum atomic E-state index is -0.134. The second-order valence-corrected chi connectivity index (χ2v) is 5.63. The molecule has 122 valence electrons. The monoisotopic (exact) mass is 340 g/mol. The molecular formula is C16H16N6OS. The highest BCUT2D eigenvalue weighted by molar-refractivity contribution is 7.98. The lowest BCUT2D eigenvalue weighted by atomic mass is 10.2. The molecule has 3 aromatic rings. The largest absolute Gasteiger partial charge is 0.350 e. The minimum Gasteiger partial charge on any atom is -0.350 e. The standard InChI is InChI=1S/C16H16N6OS/c1-24-16-12(4-2-5-21-16)15(23)20-9-11-22-10-8-19-14(22)13-17-6-3-7-18-13/h2-8,10H,9,11H2,1H3,(H,20,23). The van der Waals surface area contributed by atoms with Crippen molar-refractivity contribution in [2.45, 2.75) is 11.6 Å². The van der Waals surface area contributed by atoms with E-state index in [4.69, 9.17) is 0 Å². The van der Waals surface area contributed by atoms with Crippen molar-refractivity contribution >= 4 is 17.7 Å². The van der Waals surface area contributed by atoms with Gasteiger partial charge >= 0.3 is 0 Å². The number of carbonyl (C=O) groups is 1. The maximum absolute atomic E-state index is 12.3. The van der Waals surface area contributed by atoms with E-state index in [0.717, 1.165) is 5.03 Å². The molecule has 0 saturated heterocycles. The number of hydrogen-bond acceptors (Lipinski definition) is 6. The van der Waals surface area contributed by atoms with E-state index in [9.17, 15) is 4.79 Å². The van der Waals surface area contributed by atoms with Gasteiger partial charge in [0.2, 0.25) is 0 Å². The van der Waals surface area contributed by atoms with Crippen LogP contribution in [0.15, 0.2) is 54.2 Å². The van der Waals surface area contributed by atoms with Crippen molar-refractivity contribution < 1.29 is 4.79 Å². The molecule has 0 aliphatic rings. The molecule has 0 aliphatic heterocycles. The summed E-state index contributed by atoms with van der Waals surface area (Å²) in [7, 11) is 0. The van der Waals surface area contributed by atoms with Gasteiger partial charge in [-0.3, -0.25) is 4.79 Å². The molecule has 0 bridgehead atoms. The van der Waals surface area contributed by atoms with E-state index in [1.807, 2.05) is 17.0 Å². The van der Waals surface area contributed by atoms with Gasteiger partial charge in [-0.15, -0.1) is 11.8 Å². The van der Waals surface area contributed by atoms with Gasteiger partial charge in [0, 0.05) is 44.1 Å². The molecule has 0 atom stereocenters. The molecule has 0 spiro atoms. The van der Waals surface area contributed by atoms with Gasteiger partial charge in [0.05, 0.1) is 5.56 Å². The fraction of sp³-hybridized carbons (Fsp3) is 0.188. The number of nitrogens with one attached hydrogen (secondary N) is 1. The minimum absolute atomic E-state index is 0.134. The molecule has 1 N–H and O–H groups in total. The Kier molecular flexibility index (Phi) is 5.17. The first kappa shape index (κ1) is 16.1. The molecular weight excluding hydrogens is 324 g/mol. The van der Waals surface area contributed by atoms with Crippen LogP contribution < -0.4 is 5.32 Å². The smallest absolute Gasteiger partial charge is 0.254 e. The van der Waals surface area contributed by atoms with Crippen molar-refractivity contribution in [1.82, 2.24) is 29.8 Å². The van der Waals surface area contributed by atoms with E-state index in [1.165, 1.54) is 11.8 Å². The summed E-state index contributed by atoms with van der Waals surface area (Å²) in [4.78, 5) is 29.2. The zero-order valence-electron chi connectivity index (χ0n) is 13.1. The summed E-state index contributed by atoms with van der Waals surface area (Å²) >= 11 is 1.45. The summed E-state index contributed by atoms with van der Waals surface area (Å²) in [6.07, 6.45) is 10.5. The van der Waals surface area contributed by atoms with E-state index in [0.29, 0.717) is 30.3 Å². The van der Waals surface area contributed by atoms with E-state index in [1.54, 1.807) is 43.0 Å². The van der Waals surface area contributed by atoms with Crippen LogP contribution in [0.1, 0.15) is 10.4 Å². The number of imidazole rings is 1. The Hall–Kier alpha value is -2.74. The van der Waals surface area contributed by atoms with Gasteiger partial charge in [-0.2, -0.15) is 0 Å². The first-order valence-corrected chi connectivity index (χ1v) is 8.58. The topological polar surface area (TPSA) is 85.6 Å². The van der Waals surface area contributed by atoms with Crippen LogP contribution in [-0.2, 0) is 6.54 Å². The summed E-state index contributed by atoms with van der Waals surface area (Å²) in [5.41, 5.74) is 0.585. The van der Waals surface area contributed by atoms with Crippen LogP contribution in [0.3, 0.4) is 0 Å². The molecule has 0 unspecified atom stereocenters. The number of thioether (sulfide) groups is 1. The SMILES string of the molecule is CSc1ncccc1C(=O)NCCn1ccnc1-c1ncccn1. The Morgan fingerprint density at radius 1 is 1.12 bits per heavy atom. The van der Waals surface area contributed by atoms with Gasteiger partial charge in [0.25, 0.3) is 5.91 Å². The summed E-state index contributed by atoms with van der Waals surface area (Å²) in [5.74, 6) is 1.10. The van der Waals surface area contributed by atoms with Crippen LogP contribution in [0.25, 0.3) is 11.6 Å². The Labute approximate surface area is 143 Å². The van der Waals surface area contributed by atoms with Crippen LogP contribution in [0.4, 0.5) is 0 Å². The predicted molar refractivity (Wildman–Crippen MR) is 91.6 cm³/mol. The molecule has 0 aliphatic carbocycles. The average molecular weight is 340 g/mol. The predicted octanol–water partition coefficient (Wildman–Crippen LogP) is 1.89. The van der Waals surface area contributed by atoms with E-state index < -0.39 is 0 Å². The van der Waals surface area contributed by atoms with Crippen molar-refractivity contribution in [3.63, 3.8) is 0 Å². The molecule has 0 radical (unpaired) electrons. The Balaban J connectivity index is 1.64. The second-order valence-electron chi connectivity index (χ2n) is 4.83. The van der Waals surface area contributed by atoms with Crippen LogP contribution in [0.5, 0.6) is 0 Å². The molecule has 3 aromatic heterocycles. The van der Waals surface area contributed by atoms with Gasteiger partial charge < -0.3 is 9.88 Å². The first-order chi connectivity index (χ1) is 11.8. The van der Waals surface area contributed by atoms with E-state index in [2.05, 4.69) is 25.3 Å². The number of amides is 1. The maximum Gasteiger partial charge on any atom is 0.254 e. The zero-order chi connectivity index (χ0) is 16.8. The number of rotatable bonds is 6. The lowest BCUT2D eigenvalue weighted by molar-refractivity contribution is 0.0948. The number of pyridine rings is 1. The molecule has 0 saturated carbocycles. The Bertz CT molecular complexity index is 820. The molecule has 24 heavy (non-hydrogen) atoms. The first-order valence-electron chi connectivity index (χ1n) is 7.35. The number of aromatic nitrogens is 5. The summed E-state index contributed by atoms with van der Waals surface area (Å²) in [6, 6.07) is 5.29. The van der Waals surface area contributed by atoms with Crippen molar-refractivity contribution in [3.05, 3.63) is 54.7 Å². The van der Waals surface area contributed by atoms with E-state index >= 15 is 0 Å². The fourth-order valence-corrected chi connectivity index (χ4v) is 2.77. The Morgan fingerprint density at radius 3 is 2.71 bits per heavy atom. The van der Waals surface area contributed by atoms with Crippen LogP contribution in [0, 0.1) is 0 Å². The van der Waals surface area contributed by atoms with Gasteiger partial charge in [-0.25, -0.2) is 19.9 Å². The van der Waals surface area contributed by atoms with Crippen LogP contribution in [0.2, 0.25) is 0 Å². The third kappa shape index (κ3) is 3.60. The summed E-state index contributed by atoms with van der Waals surface area (Å²) in [6.45, 7) is 1.05. The zero-order valence-corrected chi connectivity index (χ0v) is 13.9. The number of carbonyl (C=O) groups excluding carboxylic acids is 1. The average Bonchev–Trinajstić information content (AvgIpc) is 3.11. The van der Waals surface area contributed by atoms with Gasteiger partial charge in [-0.05, 0) is 24.5 Å². The van der Waals surface area contributed by atoms with Crippen molar-refractivity contribution in [1.29, 1.82) is 0 Å². The molecule has 0 fully saturated rings. The third-order valence-electron chi connectivity index (χ3n) is 3.33. The fourth-order valence-electron chi connectivity index (χ4n) is 2.22. The molecule has 3 rings (SSSR count). The van der Waals surface area contributed by atoms with Gasteiger partial charge in [0.15, 0.2) is 11.6 Å². The maximum atomic E-state index is 12.3. The summed E-state index contributed by atoms with van der Waals surface area (Å²) < 4.78 is 1.91. The summed E-state index contributed by atoms with van der Waals surface area (Å²) in [5, 5.41) is 3.63. The third-order valence-corrected chi connectivity index (χ3v) is 4.04. The highest BCUT2D eigenvalue weighted by Crippen LogP contribution is 2.16. The quantitative estimate of drug-likeness (QED) is 0.690. The van der Waals surface area contributed by atoms with Crippen LogP contribution in [-0.4, -0.2) is 43.2 Å². The van der Waals surface area contributed by atoms with Crippen LogP contribution >= 0.6 is 11.8 Å². The van der Waals surface area contributed by atoms with Crippen molar-refractivity contribution in [2.24, 2.45) is 0 Å². The normalized spacial score (nSPS) is 10.5. The van der Waals surface area contributed by atoms with Gasteiger partial charge in [-0.1, -0.05) is 0 Å².